The Bertz CT molecular complexity index is 807. The number of hydrogen-bond acceptors (Lipinski definition) is 6. The molecule has 4 aliphatic carbocycles. The fourth-order valence-corrected chi connectivity index (χ4v) is 6.85. The van der Waals surface area contributed by atoms with E-state index in [1.165, 1.54) is 18.2 Å². The number of carbonyl (C=O) groups is 2. The van der Waals surface area contributed by atoms with E-state index in [9.17, 15) is 30.0 Å². The van der Waals surface area contributed by atoms with Crippen LogP contribution in [0.5, 0.6) is 0 Å². The predicted octanol–water partition coefficient (Wildman–Crippen LogP) is 0.620. The molecule has 0 saturated heterocycles. The molecule has 0 amide bonds. The predicted molar refractivity (Wildman–Crippen MR) is 96.8 cm³/mol. The Morgan fingerprint density at radius 3 is 2.57 bits per heavy atom. The third-order valence-electron chi connectivity index (χ3n) is 8.43. The van der Waals surface area contributed by atoms with Crippen molar-refractivity contribution in [1.29, 1.82) is 0 Å². The number of halogens is 1. The summed E-state index contributed by atoms with van der Waals surface area (Å²) in [6.45, 7) is 2.33. The van der Waals surface area contributed by atoms with Crippen molar-refractivity contribution in [2.45, 2.75) is 63.0 Å². The van der Waals surface area contributed by atoms with Crippen molar-refractivity contribution >= 4 is 11.6 Å². The zero-order chi connectivity index (χ0) is 20.7. The molecule has 28 heavy (non-hydrogen) atoms. The number of Topliss-reactive ketones (excluding diaryl/α,β-unsaturated/α-hetero) is 1. The third-order valence-corrected chi connectivity index (χ3v) is 8.43. The van der Waals surface area contributed by atoms with E-state index in [0.717, 1.165) is 0 Å². The fourth-order valence-electron chi connectivity index (χ4n) is 6.85. The first kappa shape index (κ1) is 19.9. The normalized spacial score (nSPS) is 52.5. The van der Waals surface area contributed by atoms with Crippen molar-refractivity contribution in [3.8, 4) is 0 Å². The Kier molecular flexibility index (Phi) is 4.13. The number of alkyl halides is 1. The zero-order valence-corrected chi connectivity index (χ0v) is 16.1. The van der Waals surface area contributed by atoms with Gasteiger partial charge < -0.3 is 20.4 Å². The first-order valence-electron chi connectivity index (χ1n) is 9.82. The van der Waals surface area contributed by atoms with Crippen LogP contribution < -0.4 is 0 Å². The van der Waals surface area contributed by atoms with Gasteiger partial charge >= 0.3 is 0 Å². The van der Waals surface area contributed by atoms with Crippen LogP contribution in [0.25, 0.3) is 0 Å². The molecule has 3 saturated carbocycles. The van der Waals surface area contributed by atoms with E-state index in [1.807, 2.05) is 0 Å². The van der Waals surface area contributed by atoms with Gasteiger partial charge in [-0.25, -0.2) is 4.39 Å². The number of fused-ring (bicyclic) bond motifs is 5. The summed E-state index contributed by atoms with van der Waals surface area (Å²) >= 11 is 0. The van der Waals surface area contributed by atoms with E-state index >= 15 is 4.39 Å². The Morgan fingerprint density at radius 2 is 1.93 bits per heavy atom. The Hall–Kier alpha value is -1.41. The average molecular weight is 394 g/mol. The van der Waals surface area contributed by atoms with Gasteiger partial charge in [-0.3, -0.25) is 9.59 Å². The SMILES string of the molecule is CC12C=CC(=O)C=C1CCC1C3C[C@@H](O)[C@](O)(C(=O)CO)C3(C)CC(O)[C@@]12F. The van der Waals surface area contributed by atoms with Gasteiger partial charge in [-0.2, -0.15) is 0 Å². The highest BCUT2D eigenvalue weighted by Crippen LogP contribution is 2.69. The Morgan fingerprint density at radius 1 is 1.25 bits per heavy atom. The summed E-state index contributed by atoms with van der Waals surface area (Å²) in [7, 11) is 0. The van der Waals surface area contributed by atoms with Crippen LogP contribution in [0, 0.1) is 22.7 Å². The Labute approximate surface area is 162 Å². The highest BCUT2D eigenvalue weighted by Gasteiger charge is 2.76. The van der Waals surface area contributed by atoms with E-state index < -0.39 is 58.5 Å². The maximum atomic E-state index is 16.8. The summed E-state index contributed by atoms with van der Waals surface area (Å²) in [5.74, 6) is -2.38. The van der Waals surface area contributed by atoms with Crippen LogP contribution in [0.1, 0.15) is 39.5 Å². The molecule has 0 heterocycles. The van der Waals surface area contributed by atoms with Crippen LogP contribution in [0.3, 0.4) is 0 Å². The number of ketones is 2. The molecule has 6 nitrogen and oxygen atoms in total. The molecule has 0 spiro atoms. The summed E-state index contributed by atoms with van der Waals surface area (Å²) in [4.78, 5) is 24.2. The lowest BCUT2D eigenvalue weighted by atomic mass is 9.44. The monoisotopic (exact) mass is 394 g/mol. The molecule has 0 bridgehead atoms. The number of rotatable bonds is 2. The zero-order valence-electron chi connectivity index (χ0n) is 16.1. The van der Waals surface area contributed by atoms with Crippen molar-refractivity contribution < 1.29 is 34.4 Å². The van der Waals surface area contributed by atoms with Crippen molar-refractivity contribution in [2.24, 2.45) is 22.7 Å². The molecule has 0 aromatic rings. The minimum absolute atomic E-state index is 0.0135. The summed E-state index contributed by atoms with van der Waals surface area (Å²) in [6.07, 6.45) is 1.93. The van der Waals surface area contributed by atoms with Crippen LogP contribution in [0.4, 0.5) is 4.39 Å². The van der Waals surface area contributed by atoms with E-state index in [-0.39, 0.29) is 18.6 Å². The minimum atomic E-state index is -2.23. The second-order valence-electron chi connectivity index (χ2n) is 9.36. The standard InChI is InChI=1S/C21H27FO6/c1-18-6-5-12(24)7-11(18)3-4-13-14-8-15(25)21(28,17(27)10-23)19(14,2)9-16(26)20(13,18)22/h5-7,13-16,23,25-26,28H,3-4,8-10H2,1-2H3/t13?,14?,15-,16?,18?,19?,20+,21+/m1/s1. The molecule has 4 aliphatic rings. The third kappa shape index (κ3) is 2.01. The van der Waals surface area contributed by atoms with Gasteiger partial charge in [0.25, 0.3) is 0 Å². The molecule has 8 atom stereocenters. The smallest absolute Gasteiger partial charge is 0.192 e. The van der Waals surface area contributed by atoms with Crippen LogP contribution in [-0.4, -0.2) is 62.1 Å². The van der Waals surface area contributed by atoms with Gasteiger partial charge in [0.05, 0.1) is 12.2 Å². The highest BCUT2D eigenvalue weighted by molar-refractivity contribution is 6.01. The highest BCUT2D eigenvalue weighted by atomic mass is 19.1. The van der Waals surface area contributed by atoms with Crippen LogP contribution >= 0.6 is 0 Å². The van der Waals surface area contributed by atoms with Crippen LogP contribution in [0.2, 0.25) is 0 Å². The molecule has 5 unspecified atom stereocenters. The lowest BCUT2D eigenvalue weighted by Gasteiger charge is -2.62. The first-order chi connectivity index (χ1) is 13.0. The van der Waals surface area contributed by atoms with Gasteiger partial charge in [-0.1, -0.05) is 18.6 Å². The minimum Gasteiger partial charge on any atom is -0.390 e. The van der Waals surface area contributed by atoms with Crippen molar-refractivity contribution in [1.82, 2.24) is 0 Å². The summed E-state index contributed by atoms with van der Waals surface area (Å²) in [6, 6.07) is 0. The van der Waals surface area contributed by atoms with Crippen molar-refractivity contribution in [3.63, 3.8) is 0 Å². The molecule has 0 radical (unpaired) electrons. The van der Waals surface area contributed by atoms with Crippen molar-refractivity contribution in [3.05, 3.63) is 23.8 Å². The number of allylic oxidation sites excluding steroid dienone is 4. The number of carbonyl (C=O) groups excluding carboxylic acids is 2. The lowest BCUT2D eigenvalue weighted by molar-refractivity contribution is -0.222. The molecule has 3 fully saturated rings. The topological polar surface area (TPSA) is 115 Å². The fraction of sp³-hybridized carbons (Fsp3) is 0.714. The molecule has 0 aromatic heterocycles. The van der Waals surface area contributed by atoms with Crippen molar-refractivity contribution in [2.75, 3.05) is 6.61 Å². The molecular formula is C21H27FO6. The van der Waals surface area contributed by atoms with Crippen LogP contribution in [-0.2, 0) is 9.59 Å². The lowest BCUT2D eigenvalue weighted by Crippen LogP contribution is -2.69. The molecular weight excluding hydrogens is 367 g/mol. The summed E-state index contributed by atoms with van der Waals surface area (Å²) < 4.78 is 16.8. The number of hydrogen-bond donors (Lipinski definition) is 4. The van der Waals surface area contributed by atoms with Gasteiger partial charge in [0.15, 0.2) is 22.8 Å². The quantitative estimate of drug-likeness (QED) is 0.546. The molecule has 0 aliphatic heterocycles. The molecule has 4 rings (SSSR count). The largest absolute Gasteiger partial charge is 0.390 e. The maximum absolute atomic E-state index is 16.8. The van der Waals surface area contributed by atoms with Gasteiger partial charge in [0.1, 0.15) is 6.61 Å². The molecule has 4 N–H and O–H groups in total. The first-order valence-corrected chi connectivity index (χ1v) is 9.82. The molecule has 154 valence electrons. The van der Waals surface area contributed by atoms with Gasteiger partial charge in [-0.15, -0.1) is 0 Å². The van der Waals surface area contributed by atoms with E-state index in [0.29, 0.717) is 18.4 Å². The van der Waals surface area contributed by atoms with E-state index in [4.69, 9.17) is 0 Å². The number of aliphatic hydroxyl groups excluding tert-OH is 3. The summed E-state index contributed by atoms with van der Waals surface area (Å²) in [5.41, 5.74) is -6.12. The van der Waals surface area contributed by atoms with Gasteiger partial charge in [0, 0.05) is 16.7 Å². The maximum Gasteiger partial charge on any atom is 0.192 e. The average Bonchev–Trinajstić information content (AvgIpc) is 2.84. The number of aliphatic hydroxyl groups is 4. The summed E-state index contributed by atoms with van der Waals surface area (Å²) in [5, 5.41) is 42.1. The second kappa shape index (κ2) is 5.81. The molecule has 0 aromatic carbocycles. The Balaban J connectivity index is 1.84. The second-order valence-corrected chi connectivity index (χ2v) is 9.36. The van der Waals surface area contributed by atoms with Crippen LogP contribution in [0.15, 0.2) is 23.8 Å². The van der Waals surface area contributed by atoms with E-state index in [2.05, 4.69) is 0 Å². The van der Waals surface area contributed by atoms with Gasteiger partial charge in [0.2, 0.25) is 0 Å². The van der Waals surface area contributed by atoms with E-state index in [1.54, 1.807) is 13.8 Å². The molecule has 7 heteroatoms. The van der Waals surface area contributed by atoms with Gasteiger partial charge in [-0.05, 0) is 50.7 Å².